The monoisotopic (exact) mass is 766 g/mol. The van der Waals surface area contributed by atoms with Crippen LogP contribution in [0.2, 0.25) is 0 Å². The maximum absolute atomic E-state index is 6.23. The smallest absolute Gasteiger partial charge is 0.249 e. The average molecular weight is 767 g/mol. The summed E-state index contributed by atoms with van der Waals surface area (Å²) in [6.07, 6.45) is 0. The second kappa shape index (κ2) is 12.9. The molecule has 9 aromatic carbocycles. The molecule has 5 heteroatoms. The lowest BCUT2D eigenvalue weighted by Crippen LogP contribution is -2.58. The van der Waals surface area contributed by atoms with Gasteiger partial charge in [0.1, 0.15) is 22.3 Å². The van der Waals surface area contributed by atoms with Gasteiger partial charge in [-0.25, -0.2) is 0 Å². The fourth-order valence-electron chi connectivity index (χ4n) is 10.00. The lowest BCUT2D eigenvalue weighted by atomic mass is 9.34. The van der Waals surface area contributed by atoms with Gasteiger partial charge < -0.3 is 18.6 Å². The third kappa shape index (κ3) is 4.99. The van der Waals surface area contributed by atoms with Gasteiger partial charge in [-0.3, -0.25) is 0 Å². The molecule has 0 saturated carbocycles. The molecule has 0 spiro atoms. The molecule has 0 atom stereocenters. The van der Waals surface area contributed by atoms with E-state index in [2.05, 4.69) is 186 Å². The van der Waals surface area contributed by atoms with E-state index in [1.54, 1.807) is 0 Å². The summed E-state index contributed by atoms with van der Waals surface area (Å²) in [7, 11) is 0. The van der Waals surface area contributed by atoms with Crippen molar-refractivity contribution in [2.45, 2.75) is 6.54 Å². The highest BCUT2D eigenvalue weighted by atomic mass is 16.3. The largest absolute Gasteiger partial charge is 0.456 e. The maximum atomic E-state index is 6.23. The number of furan rings is 2. The summed E-state index contributed by atoms with van der Waals surface area (Å²) in [6, 6.07) is 72.6. The first kappa shape index (κ1) is 33.2. The molecule has 2 aliphatic heterocycles. The molecule has 2 aliphatic rings. The predicted octanol–water partition coefficient (Wildman–Crippen LogP) is 12.8. The van der Waals surface area contributed by atoms with E-state index < -0.39 is 0 Å². The van der Waals surface area contributed by atoms with Crippen molar-refractivity contribution < 1.29 is 8.83 Å². The number of hydrogen-bond donors (Lipinski definition) is 0. The molecule has 0 radical (unpaired) electrons. The van der Waals surface area contributed by atoms with Crippen molar-refractivity contribution >= 4 is 95.4 Å². The number of nitrogens with zero attached hydrogens (tertiary/aromatic N) is 2. The topological polar surface area (TPSA) is 32.8 Å². The minimum absolute atomic E-state index is 0.00132. The summed E-state index contributed by atoms with van der Waals surface area (Å²) >= 11 is 0. The van der Waals surface area contributed by atoms with Crippen molar-refractivity contribution in [3.8, 4) is 22.3 Å². The number of hydrogen-bond acceptors (Lipinski definition) is 4. The Balaban J connectivity index is 1.04. The molecule has 0 saturated heterocycles. The van der Waals surface area contributed by atoms with E-state index in [9.17, 15) is 0 Å². The van der Waals surface area contributed by atoms with Crippen LogP contribution in [0.4, 0.5) is 28.4 Å². The van der Waals surface area contributed by atoms with Crippen molar-refractivity contribution in [2.24, 2.45) is 0 Å². The van der Waals surface area contributed by atoms with Crippen molar-refractivity contribution in [2.75, 3.05) is 9.80 Å². The van der Waals surface area contributed by atoms with Crippen LogP contribution in [0.3, 0.4) is 0 Å². The average Bonchev–Trinajstić information content (AvgIpc) is 3.83. The van der Waals surface area contributed by atoms with Crippen LogP contribution in [0.25, 0.3) is 66.1 Å². The molecule has 280 valence electrons. The number of fused-ring (bicyclic) bond motifs is 10. The molecule has 4 nitrogen and oxygen atoms in total. The van der Waals surface area contributed by atoms with Gasteiger partial charge in [0.25, 0.3) is 0 Å². The Morgan fingerprint density at radius 2 is 0.867 bits per heavy atom. The highest BCUT2D eigenvalue weighted by Gasteiger charge is 2.41. The second-order valence-electron chi connectivity index (χ2n) is 16.0. The molecule has 2 aromatic heterocycles. The van der Waals surface area contributed by atoms with Crippen LogP contribution in [0.15, 0.2) is 209 Å². The van der Waals surface area contributed by atoms with Crippen molar-refractivity contribution in [1.29, 1.82) is 0 Å². The van der Waals surface area contributed by atoms with Gasteiger partial charge in [-0.15, -0.1) is 0 Å². The highest BCUT2D eigenvalue weighted by Crippen LogP contribution is 2.42. The van der Waals surface area contributed by atoms with Crippen molar-refractivity contribution in [3.63, 3.8) is 0 Å². The first-order valence-electron chi connectivity index (χ1n) is 20.6. The summed E-state index contributed by atoms with van der Waals surface area (Å²) in [5, 5.41) is 4.53. The zero-order valence-corrected chi connectivity index (χ0v) is 32.5. The van der Waals surface area contributed by atoms with Crippen molar-refractivity contribution in [1.82, 2.24) is 0 Å². The number of rotatable bonds is 4. The number of benzene rings is 9. The quantitative estimate of drug-likeness (QED) is 0.167. The fourth-order valence-corrected chi connectivity index (χ4v) is 10.00. The van der Waals surface area contributed by atoms with Crippen LogP contribution < -0.4 is 26.2 Å². The Morgan fingerprint density at radius 3 is 1.50 bits per heavy atom. The van der Waals surface area contributed by atoms with E-state index in [-0.39, 0.29) is 6.71 Å². The summed E-state index contributed by atoms with van der Waals surface area (Å²) in [5.41, 5.74) is 19.5. The van der Waals surface area contributed by atoms with E-state index in [4.69, 9.17) is 8.83 Å². The fraction of sp³-hybridized carbons (Fsp3) is 0.0182. The van der Waals surface area contributed by atoms with E-state index in [0.717, 1.165) is 61.7 Å². The molecule has 4 heterocycles. The Bertz CT molecular complexity index is 3500. The SMILES string of the molecule is c1ccc(N2Cc3cccc4c3B(c3ccc(-c5ccc6oc7ccccc7c6c5)cc32)c2ccc(-c3ccc5oc6ccccc6c5c3)cc2N4c2ccccc2)cc1. The van der Waals surface area contributed by atoms with Crippen LogP contribution in [0.5, 0.6) is 0 Å². The number of anilines is 5. The molecule has 0 aliphatic carbocycles. The number of para-hydroxylation sites is 4. The zero-order valence-electron chi connectivity index (χ0n) is 32.5. The van der Waals surface area contributed by atoms with Gasteiger partial charge in [0.05, 0.1) is 0 Å². The first-order chi connectivity index (χ1) is 29.7. The Labute approximate surface area is 347 Å². The summed E-state index contributed by atoms with van der Waals surface area (Å²) in [5.74, 6) is 0. The van der Waals surface area contributed by atoms with Gasteiger partial charge in [-0.2, -0.15) is 0 Å². The first-order valence-corrected chi connectivity index (χ1v) is 20.6. The normalized spacial score (nSPS) is 13.2. The van der Waals surface area contributed by atoms with E-state index in [0.29, 0.717) is 0 Å². The Kier molecular flexibility index (Phi) is 7.13. The molecule has 0 N–H and O–H groups in total. The van der Waals surface area contributed by atoms with Crippen LogP contribution in [-0.2, 0) is 6.54 Å². The van der Waals surface area contributed by atoms with Crippen molar-refractivity contribution in [3.05, 3.63) is 206 Å². The Morgan fingerprint density at radius 1 is 0.367 bits per heavy atom. The predicted molar refractivity (Wildman–Crippen MR) is 250 cm³/mol. The molecule has 0 bridgehead atoms. The van der Waals surface area contributed by atoms with Gasteiger partial charge in [0, 0.05) is 56.5 Å². The lowest BCUT2D eigenvalue weighted by molar-refractivity contribution is 0.668. The van der Waals surface area contributed by atoms with E-state index >= 15 is 0 Å². The molecular formula is C55H35BN2O2. The molecule has 60 heavy (non-hydrogen) atoms. The molecular weight excluding hydrogens is 731 g/mol. The summed E-state index contributed by atoms with van der Waals surface area (Å²) < 4.78 is 12.5. The van der Waals surface area contributed by atoms with Crippen LogP contribution >= 0.6 is 0 Å². The third-order valence-corrected chi connectivity index (χ3v) is 12.7. The molecule has 0 unspecified atom stereocenters. The maximum Gasteiger partial charge on any atom is 0.249 e. The zero-order chi connectivity index (χ0) is 39.3. The van der Waals surface area contributed by atoms with Gasteiger partial charge >= 0.3 is 0 Å². The van der Waals surface area contributed by atoms with Gasteiger partial charge in [-0.05, 0) is 123 Å². The lowest BCUT2D eigenvalue weighted by Gasteiger charge is -2.38. The molecule has 13 rings (SSSR count). The van der Waals surface area contributed by atoms with E-state index in [1.807, 2.05) is 24.3 Å². The van der Waals surface area contributed by atoms with Crippen LogP contribution in [0.1, 0.15) is 5.56 Å². The second-order valence-corrected chi connectivity index (χ2v) is 16.0. The van der Waals surface area contributed by atoms with Gasteiger partial charge in [0.2, 0.25) is 6.71 Å². The van der Waals surface area contributed by atoms with Crippen LogP contribution in [-0.4, -0.2) is 6.71 Å². The summed E-state index contributed by atoms with van der Waals surface area (Å²) in [4.78, 5) is 5.00. The standard InChI is InChI=1S/C55H35BN2O2/c1-3-13-40(14-4-1)57-34-39-12-11-19-48-55(39)56(46-26-22-37(32-49(46)57)35-24-28-53-44(30-35)42-17-7-9-20-51(42)59-53)47-27-23-38(33-50(47)58(48)41-15-5-2-6-16-41)36-25-29-54-45(31-36)43-18-8-10-21-52(43)60-54/h1-33H,34H2. The van der Waals surface area contributed by atoms with Crippen LogP contribution in [0, 0.1) is 0 Å². The molecule has 0 amide bonds. The molecule has 11 aromatic rings. The Hall–Kier alpha value is -7.76. The summed E-state index contributed by atoms with van der Waals surface area (Å²) in [6.45, 7) is 0.735. The highest BCUT2D eigenvalue weighted by molar-refractivity contribution is 6.99. The van der Waals surface area contributed by atoms with E-state index in [1.165, 1.54) is 61.4 Å². The minimum Gasteiger partial charge on any atom is -0.456 e. The van der Waals surface area contributed by atoms with Gasteiger partial charge in [0.15, 0.2) is 0 Å². The minimum atomic E-state index is -0.00132. The third-order valence-electron chi connectivity index (χ3n) is 12.7. The van der Waals surface area contributed by atoms with Gasteiger partial charge in [-0.1, -0.05) is 121 Å². The molecule has 0 fully saturated rings.